The molecule has 3 aromatic rings. The molecule has 0 atom stereocenters. The number of rotatable bonds is 9. The predicted molar refractivity (Wildman–Crippen MR) is 154 cm³/mol. The molecule has 37 heavy (non-hydrogen) atoms. The molecule has 0 unspecified atom stereocenters. The second-order valence-electron chi connectivity index (χ2n) is 10.1. The minimum atomic E-state index is -2.50. The largest absolute Gasteiger partial charge is 0.494 e. The third-order valence-corrected chi connectivity index (χ3v) is 8.69. The number of anilines is 5. The van der Waals surface area contributed by atoms with Crippen LogP contribution in [-0.2, 0) is 4.57 Å². The van der Waals surface area contributed by atoms with Crippen molar-refractivity contribution >= 4 is 52.9 Å². The van der Waals surface area contributed by atoms with Crippen LogP contribution in [0.3, 0.4) is 0 Å². The second-order valence-corrected chi connectivity index (χ2v) is 13.7. The summed E-state index contributed by atoms with van der Waals surface area (Å²) in [7, 11) is -0.832. The van der Waals surface area contributed by atoms with Crippen LogP contribution in [0.15, 0.2) is 48.7 Å². The van der Waals surface area contributed by atoms with Crippen LogP contribution in [0, 0.1) is 5.92 Å². The van der Waals surface area contributed by atoms with E-state index in [0.29, 0.717) is 28.2 Å². The summed E-state index contributed by atoms with van der Waals surface area (Å²) in [5.41, 5.74) is 2.62. The van der Waals surface area contributed by atoms with Gasteiger partial charge in [-0.15, -0.1) is 0 Å². The Morgan fingerprint density at radius 1 is 1.05 bits per heavy atom. The van der Waals surface area contributed by atoms with E-state index < -0.39 is 7.14 Å². The van der Waals surface area contributed by atoms with Crippen LogP contribution < -0.4 is 25.6 Å². The molecule has 0 bridgehead atoms. The maximum Gasteiger partial charge on any atom is 0.229 e. The Balaban J connectivity index is 1.30. The number of nitrogens with one attached hydrogen (secondary N) is 2. The van der Waals surface area contributed by atoms with Crippen molar-refractivity contribution < 1.29 is 9.30 Å². The first-order valence-corrected chi connectivity index (χ1v) is 15.6. The Bertz CT molecular complexity index is 1300. The Morgan fingerprint density at radius 3 is 2.51 bits per heavy atom. The van der Waals surface area contributed by atoms with E-state index in [1.54, 1.807) is 26.6 Å². The molecule has 1 aromatic heterocycles. The van der Waals surface area contributed by atoms with E-state index in [9.17, 15) is 4.57 Å². The third kappa shape index (κ3) is 6.38. The number of benzene rings is 2. The Kier molecular flexibility index (Phi) is 7.61. The summed E-state index contributed by atoms with van der Waals surface area (Å²) in [5.74, 6) is 2.45. The monoisotopic (exact) mass is 540 g/mol. The molecule has 2 N–H and O–H groups in total. The van der Waals surface area contributed by atoms with Crippen LogP contribution in [0.4, 0.5) is 28.8 Å². The van der Waals surface area contributed by atoms with E-state index in [1.807, 2.05) is 30.3 Å². The van der Waals surface area contributed by atoms with Crippen molar-refractivity contribution in [2.24, 2.45) is 5.92 Å². The first-order chi connectivity index (χ1) is 17.8. The maximum absolute atomic E-state index is 12.8. The molecule has 196 valence electrons. The number of halogens is 1. The van der Waals surface area contributed by atoms with Gasteiger partial charge in [-0.25, -0.2) is 4.98 Å². The van der Waals surface area contributed by atoms with Crippen LogP contribution >= 0.6 is 18.7 Å². The number of para-hydroxylation sites is 1. The first-order valence-electron chi connectivity index (χ1n) is 12.7. The highest BCUT2D eigenvalue weighted by Crippen LogP contribution is 2.39. The maximum atomic E-state index is 12.8. The smallest absolute Gasteiger partial charge is 0.229 e. The van der Waals surface area contributed by atoms with Crippen LogP contribution in [0.2, 0.25) is 5.02 Å². The topological polar surface area (TPSA) is 82.6 Å². The molecule has 2 fully saturated rings. The number of hydrogen-bond acceptors (Lipinski definition) is 8. The summed E-state index contributed by atoms with van der Waals surface area (Å²) < 4.78 is 18.5. The van der Waals surface area contributed by atoms with Crippen LogP contribution in [0.5, 0.6) is 5.75 Å². The second kappa shape index (κ2) is 10.9. The number of hydrogen-bond donors (Lipinski definition) is 2. The fourth-order valence-electron chi connectivity index (χ4n) is 4.65. The zero-order valence-electron chi connectivity index (χ0n) is 21.6. The molecule has 1 aliphatic heterocycles. The summed E-state index contributed by atoms with van der Waals surface area (Å²) in [5, 5.41) is 7.60. The van der Waals surface area contributed by atoms with Gasteiger partial charge in [-0.3, -0.25) is 4.90 Å². The standard InChI is InChI=1S/C27H34ClN6O2P/c1-36-24-16-20(34-14-12-33(13-15-34)18-19-8-9-19)10-11-22(24)31-27-29-17-21(28)26(32-27)30-23-6-4-5-7-25(23)37(2,3)35/h4-7,10-11,16-17,19H,8-9,12-15,18H2,1-3H3,(H2,29,30,31,32). The van der Waals surface area contributed by atoms with E-state index in [0.717, 1.165) is 48.8 Å². The van der Waals surface area contributed by atoms with Gasteiger partial charge < -0.3 is 24.8 Å². The van der Waals surface area contributed by atoms with Gasteiger partial charge in [0.05, 0.1) is 24.7 Å². The van der Waals surface area contributed by atoms with Gasteiger partial charge in [0.1, 0.15) is 17.9 Å². The van der Waals surface area contributed by atoms with E-state index in [4.69, 9.17) is 16.3 Å². The molecule has 0 amide bonds. The molecule has 0 radical (unpaired) electrons. The van der Waals surface area contributed by atoms with Crippen molar-refractivity contribution in [3.05, 3.63) is 53.7 Å². The summed E-state index contributed by atoms with van der Waals surface area (Å²) >= 11 is 6.40. The normalized spacial score (nSPS) is 16.5. The van der Waals surface area contributed by atoms with Gasteiger partial charge >= 0.3 is 0 Å². The summed E-state index contributed by atoms with van der Waals surface area (Å²) in [6, 6.07) is 13.6. The van der Waals surface area contributed by atoms with Crippen molar-refractivity contribution in [1.82, 2.24) is 14.9 Å². The predicted octanol–water partition coefficient (Wildman–Crippen LogP) is 5.41. The molecule has 1 saturated heterocycles. The molecule has 2 heterocycles. The fraction of sp³-hybridized carbons (Fsp3) is 0.407. The van der Waals surface area contributed by atoms with Crippen LogP contribution in [-0.4, -0.2) is 68.0 Å². The number of piperazine rings is 1. The highest BCUT2D eigenvalue weighted by atomic mass is 35.5. The molecule has 5 rings (SSSR count). The summed E-state index contributed by atoms with van der Waals surface area (Å²) in [6.07, 6.45) is 4.34. The van der Waals surface area contributed by atoms with Crippen LogP contribution in [0.25, 0.3) is 0 Å². The van der Waals surface area contributed by atoms with Crippen molar-refractivity contribution in [2.45, 2.75) is 12.8 Å². The Labute approximate surface area is 223 Å². The molecule has 2 aromatic carbocycles. The lowest BCUT2D eigenvalue weighted by Gasteiger charge is -2.36. The molecule has 10 heteroatoms. The molecule has 1 aliphatic carbocycles. The minimum absolute atomic E-state index is 0.366. The van der Waals surface area contributed by atoms with Crippen molar-refractivity contribution in [2.75, 3.05) is 68.7 Å². The summed E-state index contributed by atoms with van der Waals surface area (Å²) in [4.78, 5) is 13.9. The average Bonchev–Trinajstić information content (AvgIpc) is 3.70. The minimum Gasteiger partial charge on any atom is -0.494 e. The molecule has 1 saturated carbocycles. The van der Waals surface area contributed by atoms with Gasteiger partial charge in [0.15, 0.2) is 5.82 Å². The van der Waals surface area contributed by atoms with Gasteiger partial charge in [0.25, 0.3) is 0 Å². The Morgan fingerprint density at radius 2 is 1.81 bits per heavy atom. The van der Waals surface area contributed by atoms with Crippen molar-refractivity contribution in [3.63, 3.8) is 0 Å². The number of methoxy groups -OCH3 is 1. The number of ether oxygens (including phenoxy) is 1. The molecular weight excluding hydrogens is 507 g/mol. The van der Waals surface area contributed by atoms with Gasteiger partial charge in [-0.2, -0.15) is 4.98 Å². The number of nitrogens with zero attached hydrogens (tertiary/aromatic N) is 4. The highest BCUT2D eigenvalue weighted by molar-refractivity contribution is 7.70. The van der Waals surface area contributed by atoms with Crippen LogP contribution in [0.1, 0.15) is 12.8 Å². The van der Waals surface area contributed by atoms with Crippen molar-refractivity contribution in [3.8, 4) is 5.75 Å². The number of aromatic nitrogens is 2. The van der Waals surface area contributed by atoms with Gasteiger partial charge in [-0.1, -0.05) is 23.7 Å². The lowest BCUT2D eigenvalue weighted by molar-refractivity contribution is 0.248. The fourth-order valence-corrected chi connectivity index (χ4v) is 5.94. The third-order valence-electron chi connectivity index (χ3n) is 6.86. The molecule has 8 nitrogen and oxygen atoms in total. The van der Waals surface area contributed by atoms with Gasteiger partial charge in [0.2, 0.25) is 5.95 Å². The van der Waals surface area contributed by atoms with Gasteiger partial charge in [-0.05, 0) is 56.4 Å². The lowest BCUT2D eigenvalue weighted by atomic mass is 10.2. The van der Waals surface area contributed by atoms with Gasteiger partial charge in [0, 0.05) is 49.8 Å². The molecule has 2 aliphatic rings. The zero-order chi connectivity index (χ0) is 26.0. The van der Waals surface area contributed by atoms with E-state index in [1.165, 1.54) is 19.4 Å². The quantitative estimate of drug-likeness (QED) is 0.349. The lowest BCUT2D eigenvalue weighted by Crippen LogP contribution is -2.47. The zero-order valence-corrected chi connectivity index (χ0v) is 23.2. The SMILES string of the molecule is COc1cc(N2CCN(CC3CC3)CC2)ccc1Nc1ncc(Cl)c(Nc2ccccc2P(C)(C)=O)n1. The van der Waals surface area contributed by atoms with E-state index in [2.05, 4.69) is 42.5 Å². The van der Waals surface area contributed by atoms with E-state index in [-0.39, 0.29) is 0 Å². The molecular formula is C27H34ClN6O2P. The highest BCUT2D eigenvalue weighted by Gasteiger charge is 2.26. The Hall–Kier alpha value is -2.80. The molecule has 0 spiro atoms. The first kappa shape index (κ1) is 25.8. The van der Waals surface area contributed by atoms with Crippen molar-refractivity contribution in [1.29, 1.82) is 0 Å². The average molecular weight is 541 g/mol. The summed E-state index contributed by atoms with van der Waals surface area (Å²) in [6.45, 7) is 8.96. The van der Waals surface area contributed by atoms with E-state index >= 15 is 0 Å².